The minimum Gasteiger partial charge on any atom is -0.491 e. The van der Waals surface area contributed by atoms with Gasteiger partial charge in [0.15, 0.2) is 0 Å². The van der Waals surface area contributed by atoms with E-state index in [2.05, 4.69) is 0 Å². The van der Waals surface area contributed by atoms with Crippen LogP contribution in [0.25, 0.3) is 0 Å². The third kappa shape index (κ3) is 5.83. The van der Waals surface area contributed by atoms with Crippen molar-refractivity contribution in [1.29, 1.82) is 0 Å². The highest BCUT2D eigenvalue weighted by Gasteiger charge is 2.14. The number of rotatable bonds is 8. The monoisotopic (exact) mass is 416 g/mol. The molecule has 3 aromatic carbocycles. The Morgan fingerprint density at radius 2 is 1.36 bits per heavy atom. The van der Waals surface area contributed by atoms with Crippen LogP contribution in [0.3, 0.4) is 0 Å². The summed E-state index contributed by atoms with van der Waals surface area (Å²) in [4.78, 5) is 0.143. The van der Waals surface area contributed by atoms with E-state index in [1.54, 1.807) is 12.1 Å². The molecule has 28 heavy (non-hydrogen) atoms. The fourth-order valence-electron chi connectivity index (χ4n) is 2.62. The molecule has 0 saturated carbocycles. The third-order valence-corrected chi connectivity index (χ3v) is 5.72. The standard InChI is InChI=1S/C22H21ClO4S/c1-17-2-12-22(13-3-17)28(24,25)27-15-14-26-21-10-6-19(7-11-21)16-18-4-8-20(23)9-5-18/h2-13H,14-16H2,1H3. The van der Waals surface area contributed by atoms with Crippen LogP contribution < -0.4 is 4.74 Å². The van der Waals surface area contributed by atoms with E-state index in [-0.39, 0.29) is 18.1 Å². The molecule has 0 saturated heterocycles. The Labute approximate surface area is 170 Å². The molecule has 0 aliphatic heterocycles. The van der Waals surface area contributed by atoms with Crippen LogP contribution in [0.2, 0.25) is 5.02 Å². The molecule has 3 aromatic rings. The van der Waals surface area contributed by atoms with Gasteiger partial charge in [0, 0.05) is 5.02 Å². The average molecular weight is 417 g/mol. The second-order valence-corrected chi connectivity index (χ2v) is 8.44. The van der Waals surface area contributed by atoms with Crippen LogP contribution in [0.15, 0.2) is 77.7 Å². The van der Waals surface area contributed by atoms with E-state index < -0.39 is 10.1 Å². The van der Waals surface area contributed by atoms with Crippen LogP contribution in [0.5, 0.6) is 5.75 Å². The van der Waals surface area contributed by atoms with Gasteiger partial charge in [-0.25, -0.2) is 0 Å². The Morgan fingerprint density at radius 1 is 0.786 bits per heavy atom. The summed E-state index contributed by atoms with van der Waals surface area (Å²) in [5, 5.41) is 0.721. The summed E-state index contributed by atoms with van der Waals surface area (Å²) < 4.78 is 34.8. The van der Waals surface area contributed by atoms with E-state index in [0.29, 0.717) is 5.75 Å². The molecule has 0 heterocycles. The maximum atomic E-state index is 12.1. The zero-order chi connectivity index (χ0) is 20.0. The molecule has 0 spiro atoms. The van der Waals surface area contributed by atoms with Gasteiger partial charge >= 0.3 is 0 Å². The summed E-state index contributed by atoms with van der Waals surface area (Å²) in [6.45, 7) is 1.98. The van der Waals surface area contributed by atoms with Crippen molar-refractivity contribution in [1.82, 2.24) is 0 Å². The Balaban J connectivity index is 1.47. The lowest BCUT2D eigenvalue weighted by molar-refractivity contribution is 0.221. The first-order chi connectivity index (χ1) is 13.4. The molecular formula is C22H21ClO4S. The predicted molar refractivity (Wildman–Crippen MR) is 111 cm³/mol. The maximum absolute atomic E-state index is 12.1. The molecule has 0 atom stereocenters. The minimum absolute atomic E-state index is 0.0528. The zero-order valence-corrected chi connectivity index (χ0v) is 17.0. The molecule has 0 bridgehead atoms. The predicted octanol–water partition coefficient (Wildman–Crippen LogP) is 5.02. The molecule has 0 fully saturated rings. The van der Waals surface area contributed by atoms with Crippen molar-refractivity contribution in [2.75, 3.05) is 13.2 Å². The summed E-state index contributed by atoms with van der Waals surface area (Å²) in [6.07, 6.45) is 0.801. The van der Waals surface area contributed by atoms with Gasteiger partial charge in [-0.15, -0.1) is 0 Å². The van der Waals surface area contributed by atoms with Crippen LogP contribution in [0, 0.1) is 6.92 Å². The first-order valence-electron chi connectivity index (χ1n) is 8.85. The molecule has 146 valence electrons. The van der Waals surface area contributed by atoms with Gasteiger partial charge in [-0.3, -0.25) is 4.18 Å². The molecule has 0 aliphatic rings. The van der Waals surface area contributed by atoms with Crippen molar-refractivity contribution in [3.05, 3.63) is 94.5 Å². The van der Waals surface area contributed by atoms with E-state index in [9.17, 15) is 8.42 Å². The smallest absolute Gasteiger partial charge is 0.297 e. The fourth-order valence-corrected chi connectivity index (χ4v) is 3.64. The largest absolute Gasteiger partial charge is 0.491 e. The van der Waals surface area contributed by atoms with Gasteiger partial charge in [-0.05, 0) is 60.9 Å². The lowest BCUT2D eigenvalue weighted by atomic mass is 10.1. The van der Waals surface area contributed by atoms with Gasteiger partial charge in [0.25, 0.3) is 10.1 Å². The molecule has 0 N–H and O–H groups in total. The van der Waals surface area contributed by atoms with Gasteiger partial charge in [-0.2, -0.15) is 8.42 Å². The van der Waals surface area contributed by atoms with Crippen molar-refractivity contribution in [2.45, 2.75) is 18.2 Å². The van der Waals surface area contributed by atoms with Crippen molar-refractivity contribution < 1.29 is 17.3 Å². The maximum Gasteiger partial charge on any atom is 0.297 e. The van der Waals surface area contributed by atoms with E-state index in [1.807, 2.05) is 55.5 Å². The van der Waals surface area contributed by atoms with E-state index in [1.165, 1.54) is 17.7 Å². The molecule has 0 unspecified atom stereocenters. The lowest BCUT2D eigenvalue weighted by Crippen LogP contribution is -2.13. The summed E-state index contributed by atoms with van der Waals surface area (Å²) in [6, 6.07) is 22.0. The Bertz CT molecular complexity index is 996. The second kappa shape index (κ2) is 9.24. The summed E-state index contributed by atoms with van der Waals surface area (Å²) in [7, 11) is -3.77. The number of aryl methyl sites for hydroxylation is 1. The summed E-state index contributed by atoms with van der Waals surface area (Å²) in [5.41, 5.74) is 3.31. The van der Waals surface area contributed by atoms with Gasteiger partial charge in [0.05, 0.1) is 4.90 Å². The van der Waals surface area contributed by atoms with Gasteiger partial charge in [-0.1, -0.05) is 53.6 Å². The van der Waals surface area contributed by atoms with E-state index in [0.717, 1.165) is 22.6 Å². The number of ether oxygens (including phenoxy) is 1. The quantitative estimate of drug-likeness (QED) is 0.382. The zero-order valence-electron chi connectivity index (χ0n) is 15.5. The van der Waals surface area contributed by atoms with Crippen molar-refractivity contribution in [3.8, 4) is 5.75 Å². The summed E-state index contributed by atoms with van der Waals surface area (Å²) >= 11 is 5.90. The van der Waals surface area contributed by atoms with Crippen molar-refractivity contribution >= 4 is 21.7 Å². The number of hydrogen-bond donors (Lipinski definition) is 0. The van der Waals surface area contributed by atoms with E-state index in [4.69, 9.17) is 20.5 Å². The van der Waals surface area contributed by atoms with Gasteiger partial charge < -0.3 is 4.74 Å². The molecule has 4 nitrogen and oxygen atoms in total. The van der Waals surface area contributed by atoms with Crippen molar-refractivity contribution in [3.63, 3.8) is 0 Å². The highest BCUT2D eigenvalue weighted by Crippen LogP contribution is 2.17. The Hall–Kier alpha value is -2.34. The number of halogens is 1. The van der Waals surface area contributed by atoms with Crippen LogP contribution in [-0.2, 0) is 20.7 Å². The first kappa shape index (κ1) is 20.4. The Kier molecular flexibility index (Phi) is 6.73. The number of hydrogen-bond acceptors (Lipinski definition) is 4. The topological polar surface area (TPSA) is 52.6 Å². The molecule has 3 rings (SSSR count). The highest BCUT2D eigenvalue weighted by molar-refractivity contribution is 7.86. The van der Waals surface area contributed by atoms with Crippen LogP contribution in [0.1, 0.15) is 16.7 Å². The first-order valence-corrected chi connectivity index (χ1v) is 10.6. The SMILES string of the molecule is Cc1ccc(S(=O)(=O)OCCOc2ccc(Cc3ccc(Cl)cc3)cc2)cc1. The number of benzene rings is 3. The summed E-state index contributed by atoms with van der Waals surface area (Å²) in [5.74, 6) is 0.663. The average Bonchev–Trinajstić information content (AvgIpc) is 2.69. The minimum atomic E-state index is -3.77. The molecule has 6 heteroatoms. The van der Waals surface area contributed by atoms with Crippen LogP contribution >= 0.6 is 11.6 Å². The van der Waals surface area contributed by atoms with Crippen molar-refractivity contribution in [2.24, 2.45) is 0 Å². The molecular weight excluding hydrogens is 396 g/mol. The highest BCUT2D eigenvalue weighted by atomic mass is 35.5. The molecule has 0 aromatic heterocycles. The normalized spacial score (nSPS) is 11.4. The third-order valence-electron chi connectivity index (χ3n) is 4.15. The molecule has 0 aliphatic carbocycles. The van der Waals surface area contributed by atoms with Gasteiger partial charge in [0.1, 0.15) is 19.0 Å². The van der Waals surface area contributed by atoms with Crippen LogP contribution in [-0.4, -0.2) is 21.6 Å². The van der Waals surface area contributed by atoms with Gasteiger partial charge in [0.2, 0.25) is 0 Å². The molecule has 0 radical (unpaired) electrons. The molecule has 0 amide bonds. The van der Waals surface area contributed by atoms with Crippen LogP contribution in [0.4, 0.5) is 0 Å². The van der Waals surface area contributed by atoms with E-state index >= 15 is 0 Å². The second-order valence-electron chi connectivity index (χ2n) is 6.38. The lowest BCUT2D eigenvalue weighted by Gasteiger charge is -2.09. The Morgan fingerprint density at radius 3 is 1.96 bits per heavy atom. The fraction of sp³-hybridized carbons (Fsp3) is 0.182.